The van der Waals surface area contributed by atoms with Crippen molar-refractivity contribution in [3.63, 3.8) is 0 Å². The zero-order valence-corrected chi connectivity index (χ0v) is 12.0. The molecule has 4 nitrogen and oxygen atoms in total. The Morgan fingerprint density at radius 1 is 1.15 bits per heavy atom. The molecule has 0 amide bonds. The summed E-state index contributed by atoms with van der Waals surface area (Å²) in [6.07, 6.45) is 0. The van der Waals surface area contributed by atoms with E-state index in [0.29, 0.717) is 5.56 Å². The summed E-state index contributed by atoms with van der Waals surface area (Å²) < 4.78 is 5.27. The van der Waals surface area contributed by atoms with E-state index in [-0.39, 0.29) is 5.84 Å². The van der Waals surface area contributed by atoms with E-state index in [4.69, 9.17) is 15.9 Å². The standard InChI is InChI=1S/C16H19N3O/c1-11-6-4-5-7-14(11)19(2)15-10-12(20-3)8-9-13(15)16(17)18/h4-10H,1-3H3,(H3,17,18). The monoisotopic (exact) mass is 269 g/mol. The number of nitrogens with one attached hydrogen (secondary N) is 1. The topological polar surface area (TPSA) is 62.3 Å². The Morgan fingerprint density at radius 2 is 1.85 bits per heavy atom. The predicted octanol–water partition coefficient (Wildman–Crippen LogP) is 3.06. The number of hydrogen-bond acceptors (Lipinski definition) is 3. The molecule has 0 fully saturated rings. The number of ether oxygens (including phenoxy) is 1. The lowest BCUT2D eigenvalue weighted by atomic mass is 10.1. The second-order valence-electron chi connectivity index (χ2n) is 4.64. The van der Waals surface area contributed by atoms with Crippen LogP contribution in [0.2, 0.25) is 0 Å². The molecule has 0 bridgehead atoms. The van der Waals surface area contributed by atoms with Crippen LogP contribution in [0.25, 0.3) is 0 Å². The van der Waals surface area contributed by atoms with Crippen molar-refractivity contribution in [2.75, 3.05) is 19.1 Å². The van der Waals surface area contributed by atoms with Crippen molar-refractivity contribution in [3.05, 3.63) is 53.6 Å². The fourth-order valence-electron chi connectivity index (χ4n) is 2.21. The number of hydrogen-bond donors (Lipinski definition) is 2. The van der Waals surface area contributed by atoms with E-state index >= 15 is 0 Å². The predicted molar refractivity (Wildman–Crippen MR) is 83.3 cm³/mol. The van der Waals surface area contributed by atoms with E-state index in [2.05, 4.69) is 13.0 Å². The van der Waals surface area contributed by atoms with Gasteiger partial charge in [0.15, 0.2) is 0 Å². The highest BCUT2D eigenvalue weighted by Crippen LogP contribution is 2.32. The minimum Gasteiger partial charge on any atom is -0.497 e. The van der Waals surface area contributed by atoms with Crippen molar-refractivity contribution in [1.29, 1.82) is 5.41 Å². The number of benzene rings is 2. The minimum absolute atomic E-state index is 0.0445. The number of anilines is 2. The molecule has 2 aromatic carbocycles. The first-order valence-corrected chi connectivity index (χ1v) is 6.36. The fourth-order valence-corrected chi connectivity index (χ4v) is 2.21. The molecule has 2 rings (SSSR count). The van der Waals surface area contributed by atoms with Crippen molar-refractivity contribution in [1.82, 2.24) is 0 Å². The molecule has 2 aromatic rings. The molecular weight excluding hydrogens is 250 g/mol. The third-order valence-corrected chi connectivity index (χ3v) is 3.33. The lowest BCUT2D eigenvalue weighted by molar-refractivity contribution is 0.415. The van der Waals surface area contributed by atoms with E-state index in [9.17, 15) is 0 Å². The van der Waals surface area contributed by atoms with Gasteiger partial charge in [-0.2, -0.15) is 0 Å². The summed E-state index contributed by atoms with van der Waals surface area (Å²) in [6.45, 7) is 2.06. The zero-order chi connectivity index (χ0) is 14.7. The summed E-state index contributed by atoms with van der Waals surface area (Å²) in [7, 11) is 3.59. The molecule has 20 heavy (non-hydrogen) atoms. The van der Waals surface area contributed by atoms with E-state index in [1.165, 1.54) is 0 Å². The number of rotatable bonds is 4. The number of nitrogens with two attached hydrogens (primary N) is 1. The van der Waals surface area contributed by atoms with Crippen molar-refractivity contribution >= 4 is 17.2 Å². The maximum Gasteiger partial charge on any atom is 0.124 e. The molecule has 0 aliphatic carbocycles. The summed E-state index contributed by atoms with van der Waals surface area (Å²) in [5.41, 5.74) is 9.45. The molecule has 0 aliphatic heterocycles. The van der Waals surface area contributed by atoms with Crippen LogP contribution in [-0.4, -0.2) is 20.0 Å². The first-order chi connectivity index (χ1) is 9.54. The number of nitrogens with zero attached hydrogens (tertiary/aromatic N) is 1. The summed E-state index contributed by atoms with van der Waals surface area (Å²) in [5, 5.41) is 7.72. The molecule has 0 aliphatic rings. The van der Waals surface area contributed by atoms with Crippen molar-refractivity contribution in [3.8, 4) is 5.75 Å². The largest absolute Gasteiger partial charge is 0.497 e. The molecule has 0 saturated carbocycles. The van der Waals surface area contributed by atoms with Crippen LogP contribution >= 0.6 is 0 Å². The number of amidine groups is 1. The van der Waals surface area contributed by atoms with Gasteiger partial charge in [-0.1, -0.05) is 18.2 Å². The van der Waals surface area contributed by atoms with Gasteiger partial charge in [0.2, 0.25) is 0 Å². The highest BCUT2D eigenvalue weighted by atomic mass is 16.5. The maximum absolute atomic E-state index is 7.72. The van der Waals surface area contributed by atoms with Crippen LogP contribution in [0.4, 0.5) is 11.4 Å². The molecule has 0 saturated heterocycles. The van der Waals surface area contributed by atoms with Crippen molar-refractivity contribution < 1.29 is 4.74 Å². The van der Waals surface area contributed by atoms with Gasteiger partial charge in [0, 0.05) is 24.4 Å². The second kappa shape index (κ2) is 5.65. The molecule has 4 heteroatoms. The average Bonchev–Trinajstić information content (AvgIpc) is 2.46. The molecule has 0 radical (unpaired) electrons. The lowest BCUT2D eigenvalue weighted by Gasteiger charge is -2.24. The highest BCUT2D eigenvalue weighted by molar-refractivity contribution is 6.01. The average molecular weight is 269 g/mol. The molecule has 0 aromatic heterocycles. The first-order valence-electron chi connectivity index (χ1n) is 6.36. The van der Waals surface area contributed by atoms with Crippen molar-refractivity contribution in [2.24, 2.45) is 5.73 Å². The number of aryl methyl sites for hydroxylation is 1. The zero-order valence-electron chi connectivity index (χ0n) is 12.0. The molecule has 3 N–H and O–H groups in total. The third-order valence-electron chi connectivity index (χ3n) is 3.33. The van der Waals surface area contributed by atoms with Crippen LogP contribution in [0.1, 0.15) is 11.1 Å². The van der Waals surface area contributed by atoms with Gasteiger partial charge in [0.1, 0.15) is 11.6 Å². The Kier molecular flexibility index (Phi) is 3.94. The van der Waals surface area contributed by atoms with Gasteiger partial charge in [-0.05, 0) is 30.7 Å². The third kappa shape index (κ3) is 2.59. The quantitative estimate of drug-likeness (QED) is 0.662. The fraction of sp³-hybridized carbons (Fsp3) is 0.188. The molecule has 104 valence electrons. The van der Waals surface area contributed by atoms with Crippen LogP contribution in [0.3, 0.4) is 0 Å². The van der Waals surface area contributed by atoms with Crippen LogP contribution in [-0.2, 0) is 0 Å². The van der Waals surface area contributed by atoms with Gasteiger partial charge in [-0.25, -0.2) is 0 Å². The smallest absolute Gasteiger partial charge is 0.124 e. The van der Waals surface area contributed by atoms with Gasteiger partial charge >= 0.3 is 0 Å². The maximum atomic E-state index is 7.72. The molecule has 0 atom stereocenters. The Hall–Kier alpha value is -2.49. The van der Waals surface area contributed by atoms with E-state index in [0.717, 1.165) is 22.7 Å². The minimum atomic E-state index is 0.0445. The number of para-hydroxylation sites is 1. The first kappa shape index (κ1) is 13.9. The van der Waals surface area contributed by atoms with E-state index < -0.39 is 0 Å². The Bertz CT molecular complexity index is 637. The summed E-state index contributed by atoms with van der Waals surface area (Å²) in [5.74, 6) is 0.786. The number of methoxy groups -OCH3 is 1. The Labute approximate surface area is 119 Å². The highest BCUT2D eigenvalue weighted by Gasteiger charge is 2.14. The molecule has 0 spiro atoms. The summed E-state index contributed by atoms with van der Waals surface area (Å²) in [4.78, 5) is 2.02. The lowest BCUT2D eigenvalue weighted by Crippen LogP contribution is -2.19. The molecule has 0 unspecified atom stereocenters. The summed E-state index contributed by atoms with van der Waals surface area (Å²) in [6, 6.07) is 13.6. The van der Waals surface area contributed by atoms with Crippen LogP contribution in [0.15, 0.2) is 42.5 Å². The van der Waals surface area contributed by atoms with E-state index in [1.54, 1.807) is 7.11 Å². The van der Waals surface area contributed by atoms with Gasteiger partial charge < -0.3 is 15.4 Å². The van der Waals surface area contributed by atoms with Crippen LogP contribution in [0, 0.1) is 12.3 Å². The van der Waals surface area contributed by atoms with Gasteiger partial charge in [0.25, 0.3) is 0 Å². The van der Waals surface area contributed by atoms with Gasteiger partial charge in [0.05, 0.1) is 12.8 Å². The molecule has 0 heterocycles. The summed E-state index contributed by atoms with van der Waals surface area (Å²) >= 11 is 0. The van der Waals surface area contributed by atoms with Crippen LogP contribution < -0.4 is 15.4 Å². The SMILES string of the molecule is COc1ccc(C(=N)N)c(N(C)c2ccccc2C)c1. The Balaban J connectivity index is 2.55. The van der Waals surface area contributed by atoms with Gasteiger partial charge in [-0.15, -0.1) is 0 Å². The Morgan fingerprint density at radius 3 is 2.45 bits per heavy atom. The second-order valence-corrected chi connectivity index (χ2v) is 4.64. The number of nitrogen functional groups attached to an aromatic ring is 1. The van der Waals surface area contributed by atoms with Crippen LogP contribution in [0.5, 0.6) is 5.75 Å². The normalized spacial score (nSPS) is 10.2. The van der Waals surface area contributed by atoms with E-state index in [1.807, 2.05) is 48.3 Å². The molecular formula is C16H19N3O. The van der Waals surface area contributed by atoms with Crippen molar-refractivity contribution in [2.45, 2.75) is 6.92 Å². The van der Waals surface area contributed by atoms with Gasteiger partial charge in [-0.3, -0.25) is 5.41 Å².